The van der Waals surface area contributed by atoms with Gasteiger partial charge in [0.25, 0.3) is 0 Å². The SMILES string of the molecule is CC(C)(C)OC(C)(C)CCOC(C)(C)CNC(=O)CI. The quantitative estimate of drug-likeness (QED) is 0.503. The van der Waals surface area contributed by atoms with Crippen LogP contribution in [0.15, 0.2) is 0 Å². The summed E-state index contributed by atoms with van der Waals surface area (Å²) in [7, 11) is 0. The molecular formula is C15H30INO3. The number of nitrogens with one attached hydrogen (secondary N) is 1. The molecule has 0 aliphatic heterocycles. The Morgan fingerprint density at radius 2 is 1.60 bits per heavy atom. The van der Waals surface area contributed by atoms with Crippen molar-refractivity contribution in [1.82, 2.24) is 5.32 Å². The van der Waals surface area contributed by atoms with Crippen LogP contribution < -0.4 is 5.32 Å². The van der Waals surface area contributed by atoms with Crippen molar-refractivity contribution in [3.05, 3.63) is 0 Å². The van der Waals surface area contributed by atoms with Gasteiger partial charge in [-0.15, -0.1) is 0 Å². The van der Waals surface area contributed by atoms with E-state index in [1.54, 1.807) is 0 Å². The van der Waals surface area contributed by atoms with Crippen LogP contribution in [0.25, 0.3) is 0 Å². The zero-order valence-electron chi connectivity index (χ0n) is 13.9. The molecule has 0 aliphatic rings. The van der Waals surface area contributed by atoms with E-state index in [9.17, 15) is 4.79 Å². The third kappa shape index (κ3) is 10.9. The molecule has 120 valence electrons. The molecule has 0 spiro atoms. The van der Waals surface area contributed by atoms with Crippen LogP contribution in [-0.2, 0) is 14.3 Å². The maximum atomic E-state index is 11.3. The second kappa shape index (κ2) is 7.94. The maximum Gasteiger partial charge on any atom is 0.229 e. The molecule has 0 aromatic heterocycles. The van der Waals surface area contributed by atoms with Crippen molar-refractivity contribution in [3.8, 4) is 0 Å². The molecule has 0 rings (SSSR count). The number of rotatable bonds is 8. The van der Waals surface area contributed by atoms with E-state index in [-0.39, 0.29) is 22.7 Å². The molecule has 0 saturated carbocycles. The van der Waals surface area contributed by atoms with Crippen molar-refractivity contribution in [1.29, 1.82) is 0 Å². The van der Waals surface area contributed by atoms with Gasteiger partial charge in [0.2, 0.25) is 5.91 Å². The summed E-state index contributed by atoms with van der Waals surface area (Å²) >= 11 is 2.05. The first-order valence-electron chi connectivity index (χ1n) is 7.04. The number of ether oxygens (including phenoxy) is 2. The van der Waals surface area contributed by atoms with Crippen LogP contribution in [0.1, 0.15) is 54.9 Å². The van der Waals surface area contributed by atoms with E-state index in [4.69, 9.17) is 9.47 Å². The van der Waals surface area contributed by atoms with Crippen molar-refractivity contribution < 1.29 is 14.3 Å². The first kappa shape index (κ1) is 20.1. The minimum absolute atomic E-state index is 0.0404. The highest BCUT2D eigenvalue weighted by Crippen LogP contribution is 2.23. The van der Waals surface area contributed by atoms with E-state index < -0.39 is 0 Å². The van der Waals surface area contributed by atoms with Gasteiger partial charge in [0, 0.05) is 6.54 Å². The summed E-state index contributed by atoms with van der Waals surface area (Å²) in [4.78, 5) is 11.3. The van der Waals surface area contributed by atoms with Gasteiger partial charge < -0.3 is 14.8 Å². The van der Waals surface area contributed by atoms with Crippen LogP contribution >= 0.6 is 22.6 Å². The third-order valence-electron chi connectivity index (χ3n) is 2.61. The molecule has 20 heavy (non-hydrogen) atoms. The van der Waals surface area contributed by atoms with Crippen LogP contribution in [0.2, 0.25) is 0 Å². The number of hydrogen-bond donors (Lipinski definition) is 1. The van der Waals surface area contributed by atoms with Crippen molar-refractivity contribution in [2.45, 2.75) is 71.7 Å². The molecule has 4 nitrogen and oxygen atoms in total. The fourth-order valence-electron chi connectivity index (χ4n) is 1.86. The average Bonchev–Trinajstić information content (AvgIpc) is 2.21. The third-order valence-corrected chi connectivity index (χ3v) is 3.30. The van der Waals surface area contributed by atoms with Gasteiger partial charge in [0.1, 0.15) is 0 Å². The van der Waals surface area contributed by atoms with Gasteiger partial charge in [0.05, 0.1) is 27.8 Å². The second-order valence-electron chi connectivity index (χ2n) is 7.24. The van der Waals surface area contributed by atoms with E-state index in [0.29, 0.717) is 17.6 Å². The Labute approximate surface area is 137 Å². The van der Waals surface area contributed by atoms with E-state index in [1.807, 2.05) is 36.4 Å². The second-order valence-corrected chi connectivity index (χ2v) is 8.01. The maximum absolute atomic E-state index is 11.3. The smallest absolute Gasteiger partial charge is 0.229 e. The van der Waals surface area contributed by atoms with Gasteiger partial charge in [-0.25, -0.2) is 0 Å². The van der Waals surface area contributed by atoms with Gasteiger partial charge in [-0.2, -0.15) is 0 Å². The largest absolute Gasteiger partial charge is 0.374 e. The predicted molar refractivity (Wildman–Crippen MR) is 91.5 cm³/mol. The molecule has 0 heterocycles. The number of halogens is 1. The fraction of sp³-hybridized carbons (Fsp3) is 0.933. The monoisotopic (exact) mass is 399 g/mol. The molecule has 0 unspecified atom stereocenters. The summed E-state index contributed by atoms with van der Waals surface area (Å²) in [6.07, 6.45) is 0.813. The molecule has 0 radical (unpaired) electrons. The summed E-state index contributed by atoms with van der Waals surface area (Å²) in [6.45, 7) is 15.4. The summed E-state index contributed by atoms with van der Waals surface area (Å²) in [5.74, 6) is 0.0404. The minimum atomic E-state index is -0.362. The Bertz CT molecular complexity index is 309. The predicted octanol–water partition coefficient (Wildman–Crippen LogP) is 3.32. The van der Waals surface area contributed by atoms with E-state index >= 15 is 0 Å². The molecule has 0 fully saturated rings. The lowest BCUT2D eigenvalue weighted by Gasteiger charge is -2.35. The fourth-order valence-corrected chi connectivity index (χ4v) is 2.13. The number of carbonyl (C=O) groups is 1. The van der Waals surface area contributed by atoms with Gasteiger partial charge in [-0.3, -0.25) is 4.79 Å². The number of amides is 1. The topological polar surface area (TPSA) is 47.6 Å². The van der Waals surface area contributed by atoms with E-state index in [2.05, 4.69) is 39.9 Å². The number of alkyl halides is 1. The number of hydrogen-bond acceptors (Lipinski definition) is 3. The van der Waals surface area contributed by atoms with Gasteiger partial charge >= 0.3 is 0 Å². The van der Waals surface area contributed by atoms with Crippen LogP contribution in [0.3, 0.4) is 0 Å². The zero-order valence-corrected chi connectivity index (χ0v) is 16.1. The lowest BCUT2D eigenvalue weighted by atomic mass is 10.0. The van der Waals surface area contributed by atoms with Gasteiger partial charge in [-0.1, -0.05) is 22.6 Å². The standard InChI is InChI=1S/C15H30INO3/c1-13(2,3)20-14(4,5)8-9-19-15(6,7)11-17-12(18)10-16/h8-11H2,1-7H3,(H,17,18). The zero-order chi connectivity index (χ0) is 16.0. The summed E-state index contributed by atoms with van der Waals surface area (Å²) in [5, 5.41) is 2.86. The molecule has 1 N–H and O–H groups in total. The summed E-state index contributed by atoms with van der Waals surface area (Å²) < 4.78 is 12.4. The lowest BCUT2D eigenvalue weighted by Crippen LogP contribution is -2.42. The van der Waals surface area contributed by atoms with Crippen LogP contribution in [-0.4, -0.2) is 40.3 Å². The molecule has 0 bridgehead atoms. The van der Waals surface area contributed by atoms with Crippen molar-refractivity contribution in [2.24, 2.45) is 0 Å². The molecule has 1 amide bonds. The Balaban J connectivity index is 4.11. The lowest BCUT2D eigenvalue weighted by molar-refractivity contribution is -0.133. The highest BCUT2D eigenvalue weighted by Gasteiger charge is 2.27. The minimum Gasteiger partial charge on any atom is -0.374 e. The molecule has 5 heteroatoms. The number of carbonyl (C=O) groups excluding carboxylic acids is 1. The summed E-state index contributed by atoms with van der Waals surface area (Å²) in [6, 6.07) is 0. The van der Waals surface area contributed by atoms with Crippen LogP contribution in [0.5, 0.6) is 0 Å². The highest BCUT2D eigenvalue weighted by atomic mass is 127. The van der Waals surface area contributed by atoms with Gasteiger partial charge in [-0.05, 0) is 54.9 Å². The first-order valence-corrected chi connectivity index (χ1v) is 8.56. The Morgan fingerprint density at radius 3 is 2.05 bits per heavy atom. The van der Waals surface area contributed by atoms with Crippen molar-refractivity contribution in [2.75, 3.05) is 17.6 Å². The molecule has 0 atom stereocenters. The van der Waals surface area contributed by atoms with Crippen molar-refractivity contribution in [3.63, 3.8) is 0 Å². The Morgan fingerprint density at radius 1 is 1.05 bits per heavy atom. The summed E-state index contributed by atoms with van der Waals surface area (Å²) in [5.41, 5.74) is -0.744. The van der Waals surface area contributed by atoms with E-state index in [0.717, 1.165) is 6.42 Å². The molecule has 0 aromatic rings. The molecule has 0 aromatic carbocycles. The first-order chi connectivity index (χ1) is 8.87. The van der Waals surface area contributed by atoms with Crippen LogP contribution in [0.4, 0.5) is 0 Å². The highest BCUT2D eigenvalue weighted by molar-refractivity contribution is 14.1. The normalized spacial score (nSPS) is 13.4. The van der Waals surface area contributed by atoms with Crippen molar-refractivity contribution >= 4 is 28.5 Å². The Hall–Kier alpha value is 0.120. The molecule has 0 saturated heterocycles. The Kier molecular flexibility index (Phi) is 7.99. The van der Waals surface area contributed by atoms with Gasteiger partial charge in [0.15, 0.2) is 0 Å². The molecular weight excluding hydrogens is 369 g/mol. The van der Waals surface area contributed by atoms with E-state index in [1.165, 1.54) is 0 Å². The average molecular weight is 399 g/mol. The van der Waals surface area contributed by atoms with Crippen LogP contribution in [0, 0.1) is 0 Å². The molecule has 0 aliphatic carbocycles.